The van der Waals surface area contributed by atoms with Gasteiger partial charge in [0.1, 0.15) is 5.75 Å². The summed E-state index contributed by atoms with van der Waals surface area (Å²) in [6.07, 6.45) is 8.31. The first-order valence-corrected chi connectivity index (χ1v) is 15.1. The van der Waals surface area contributed by atoms with Crippen LogP contribution in [0, 0.1) is 0 Å². The number of rotatable bonds is 14. The molecular weight excluding hydrogens is 528 g/mol. The van der Waals surface area contributed by atoms with E-state index in [2.05, 4.69) is 22.9 Å². The van der Waals surface area contributed by atoms with E-state index >= 15 is 0 Å². The molecule has 8 nitrogen and oxygen atoms in total. The van der Waals surface area contributed by atoms with Gasteiger partial charge < -0.3 is 25.6 Å². The summed E-state index contributed by atoms with van der Waals surface area (Å²) in [5, 5.41) is 9.22. The van der Waals surface area contributed by atoms with Gasteiger partial charge in [-0.2, -0.15) is 0 Å². The Morgan fingerprint density at radius 1 is 0.905 bits per heavy atom. The molecule has 1 aliphatic heterocycles. The minimum Gasteiger partial charge on any atom is -0.482 e. The third-order valence-electron chi connectivity index (χ3n) is 7.68. The minimum atomic E-state index is -0.206. The molecule has 1 aliphatic carbocycles. The maximum absolute atomic E-state index is 13.4. The summed E-state index contributed by atoms with van der Waals surface area (Å²) in [7, 11) is 0. The van der Waals surface area contributed by atoms with Gasteiger partial charge in [0.2, 0.25) is 0 Å². The topological polar surface area (TPSA) is 99.8 Å². The molecular formula is C34H40N4O4. The Balaban J connectivity index is 1.12. The van der Waals surface area contributed by atoms with Crippen LogP contribution in [0.25, 0.3) is 0 Å². The number of carbonyl (C=O) groups excluding carboxylic acids is 3. The molecule has 3 amide bonds. The molecule has 0 saturated heterocycles. The molecule has 0 spiro atoms. The maximum Gasteiger partial charge on any atom is 0.262 e. The van der Waals surface area contributed by atoms with E-state index in [1.807, 2.05) is 41.3 Å². The standard InChI is InChI=1S/C34H40N4O4/c1-2-3-4-5-6-19-35-21-24-9-14-28(15-10-24)36-33(40)26-11-7-25(8-12-26)22-38(29-16-17-29)34(41)27-13-18-30-31(20-27)42-23-32(39)37-30/h7-15,18,20,29,35H,2-6,16-17,19,21-23H2,1H3,(H,36,40)(H,37,39). The number of ether oxygens (including phenoxy) is 1. The van der Waals surface area contributed by atoms with Crippen molar-refractivity contribution in [2.24, 2.45) is 0 Å². The predicted octanol–water partition coefficient (Wildman–Crippen LogP) is 6.13. The molecule has 1 saturated carbocycles. The normalized spacial score (nSPS) is 14.0. The fourth-order valence-electron chi connectivity index (χ4n) is 5.08. The Hall–Kier alpha value is -4.17. The predicted molar refractivity (Wildman–Crippen MR) is 165 cm³/mol. The number of carbonyl (C=O) groups is 3. The summed E-state index contributed by atoms with van der Waals surface area (Å²) >= 11 is 0. The lowest BCUT2D eigenvalue weighted by Gasteiger charge is -2.24. The van der Waals surface area contributed by atoms with Gasteiger partial charge in [0.25, 0.3) is 17.7 Å². The zero-order valence-electron chi connectivity index (χ0n) is 24.3. The van der Waals surface area contributed by atoms with Gasteiger partial charge in [0.15, 0.2) is 6.61 Å². The van der Waals surface area contributed by atoms with Gasteiger partial charge in [-0.25, -0.2) is 0 Å². The van der Waals surface area contributed by atoms with E-state index in [9.17, 15) is 14.4 Å². The van der Waals surface area contributed by atoms with E-state index in [-0.39, 0.29) is 30.4 Å². The molecule has 0 atom stereocenters. The largest absolute Gasteiger partial charge is 0.482 e. The number of benzene rings is 3. The number of unbranched alkanes of at least 4 members (excludes halogenated alkanes) is 4. The highest BCUT2D eigenvalue weighted by Gasteiger charge is 2.33. The van der Waals surface area contributed by atoms with E-state index in [1.165, 1.54) is 37.7 Å². The summed E-state index contributed by atoms with van der Waals surface area (Å²) in [5.74, 6) is 0.0536. The lowest BCUT2D eigenvalue weighted by molar-refractivity contribution is -0.118. The van der Waals surface area contributed by atoms with Crippen LogP contribution in [0.4, 0.5) is 11.4 Å². The van der Waals surface area contributed by atoms with Crippen molar-refractivity contribution in [2.75, 3.05) is 23.8 Å². The second-order valence-corrected chi connectivity index (χ2v) is 11.2. The van der Waals surface area contributed by atoms with Crippen LogP contribution < -0.4 is 20.7 Å². The number of hydrogen-bond acceptors (Lipinski definition) is 5. The van der Waals surface area contributed by atoms with Crippen molar-refractivity contribution in [2.45, 2.75) is 71.0 Å². The quantitative estimate of drug-likeness (QED) is 0.203. The molecule has 0 unspecified atom stereocenters. The number of nitrogens with one attached hydrogen (secondary N) is 3. The summed E-state index contributed by atoms with van der Waals surface area (Å²) in [5.41, 5.74) is 4.56. The van der Waals surface area contributed by atoms with Crippen molar-refractivity contribution < 1.29 is 19.1 Å². The van der Waals surface area contributed by atoms with Gasteiger partial charge in [-0.05, 0) is 79.4 Å². The smallest absolute Gasteiger partial charge is 0.262 e. The van der Waals surface area contributed by atoms with Gasteiger partial charge in [0.05, 0.1) is 5.69 Å². The third kappa shape index (κ3) is 7.97. The van der Waals surface area contributed by atoms with Crippen molar-refractivity contribution in [1.82, 2.24) is 10.2 Å². The van der Waals surface area contributed by atoms with E-state index < -0.39 is 0 Å². The lowest BCUT2D eigenvalue weighted by atomic mass is 10.1. The maximum atomic E-state index is 13.4. The van der Waals surface area contributed by atoms with E-state index in [0.717, 1.165) is 37.2 Å². The van der Waals surface area contributed by atoms with Gasteiger partial charge >= 0.3 is 0 Å². The Morgan fingerprint density at radius 3 is 2.36 bits per heavy atom. The van der Waals surface area contributed by atoms with Crippen molar-refractivity contribution in [3.05, 3.63) is 89.0 Å². The summed E-state index contributed by atoms with van der Waals surface area (Å²) in [6.45, 7) is 4.47. The summed E-state index contributed by atoms with van der Waals surface area (Å²) in [4.78, 5) is 39.7. The van der Waals surface area contributed by atoms with Gasteiger partial charge in [0, 0.05) is 35.9 Å². The molecule has 3 aromatic carbocycles. The van der Waals surface area contributed by atoms with Crippen molar-refractivity contribution >= 4 is 29.1 Å². The highest BCUT2D eigenvalue weighted by Crippen LogP contribution is 2.33. The van der Waals surface area contributed by atoms with Crippen LogP contribution in [-0.4, -0.2) is 41.8 Å². The van der Waals surface area contributed by atoms with E-state index in [1.54, 1.807) is 30.3 Å². The van der Waals surface area contributed by atoms with Gasteiger partial charge in [-0.15, -0.1) is 0 Å². The Labute approximate surface area is 247 Å². The van der Waals surface area contributed by atoms with Crippen LogP contribution in [0.1, 0.15) is 83.7 Å². The number of nitrogens with zero attached hydrogens (tertiary/aromatic N) is 1. The summed E-state index contributed by atoms with van der Waals surface area (Å²) in [6, 6.07) is 20.7. The van der Waals surface area contributed by atoms with Crippen LogP contribution in [0.5, 0.6) is 5.75 Å². The molecule has 1 fully saturated rings. The van der Waals surface area contributed by atoms with Crippen LogP contribution in [-0.2, 0) is 17.9 Å². The monoisotopic (exact) mass is 568 g/mol. The van der Waals surface area contributed by atoms with Gasteiger partial charge in [-0.1, -0.05) is 56.9 Å². The SMILES string of the molecule is CCCCCCCNCc1ccc(NC(=O)c2ccc(CN(C(=O)c3ccc4c(c3)OCC(=O)N4)C3CC3)cc2)cc1. The fourth-order valence-corrected chi connectivity index (χ4v) is 5.08. The number of fused-ring (bicyclic) bond motifs is 1. The van der Waals surface area contributed by atoms with E-state index in [4.69, 9.17) is 4.74 Å². The number of amides is 3. The molecule has 42 heavy (non-hydrogen) atoms. The van der Waals surface area contributed by atoms with Gasteiger partial charge in [-0.3, -0.25) is 14.4 Å². The van der Waals surface area contributed by atoms with Crippen molar-refractivity contribution in [1.29, 1.82) is 0 Å². The van der Waals surface area contributed by atoms with Crippen LogP contribution >= 0.6 is 0 Å². The Kier molecular flexibility index (Phi) is 9.87. The second-order valence-electron chi connectivity index (χ2n) is 11.2. The highest BCUT2D eigenvalue weighted by atomic mass is 16.5. The first-order valence-electron chi connectivity index (χ1n) is 15.1. The molecule has 0 aromatic heterocycles. The van der Waals surface area contributed by atoms with Crippen LogP contribution in [0.2, 0.25) is 0 Å². The number of hydrogen-bond donors (Lipinski definition) is 3. The highest BCUT2D eigenvalue weighted by molar-refractivity contribution is 6.04. The molecule has 0 bridgehead atoms. The molecule has 220 valence electrons. The first kappa shape index (κ1) is 29.3. The van der Waals surface area contributed by atoms with Crippen molar-refractivity contribution in [3.8, 4) is 5.75 Å². The molecule has 8 heteroatoms. The second kappa shape index (κ2) is 14.1. The lowest BCUT2D eigenvalue weighted by Crippen LogP contribution is -2.33. The molecule has 2 aliphatic rings. The third-order valence-corrected chi connectivity index (χ3v) is 7.68. The zero-order valence-corrected chi connectivity index (χ0v) is 24.3. The molecule has 3 N–H and O–H groups in total. The molecule has 5 rings (SSSR count). The van der Waals surface area contributed by atoms with Crippen LogP contribution in [0.15, 0.2) is 66.7 Å². The Bertz CT molecular complexity index is 1380. The van der Waals surface area contributed by atoms with Crippen LogP contribution in [0.3, 0.4) is 0 Å². The zero-order chi connectivity index (χ0) is 29.3. The molecule has 0 radical (unpaired) electrons. The Morgan fingerprint density at radius 2 is 1.62 bits per heavy atom. The van der Waals surface area contributed by atoms with Crippen molar-refractivity contribution in [3.63, 3.8) is 0 Å². The minimum absolute atomic E-state index is 0.0565. The average Bonchev–Trinajstić information content (AvgIpc) is 3.85. The van der Waals surface area contributed by atoms with E-state index in [0.29, 0.717) is 29.1 Å². The molecule has 3 aromatic rings. The number of anilines is 2. The summed E-state index contributed by atoms with van der Waals surface area (Å²) < 4.78 is 5.49. The fraction of sp³-hybridized carbons (Fsp3) is 0.382. The average molecular weight is 569 g/mol. The molecule has 1 heterocycles. The first-order chi connectivity index (χ1) is 20.5.